The van der Waals surface area contributed by atoms with Gasteiger partial charge in [0.2, 0.25) is 11.8 Å². The maximum Gasteiger partial charge on any atom is 0.254 e. The van der Waals surface area contributed by atoms with Crippen molar-refractivity contribution in [2.75, 3.05) is 6.54 Å². The van der Waals surface area contributed by atoms with E-state index < -0.39 is 5.54 Å². The van der Waals surface area contributed by atoms with E-state index in [1.807, 2.05) is 66.6 Å². The third kappa shape index (κ3) is 5.13. The first kappa shape index (κ1) is 25.1. The van der Waals surface area contributed by atoms with E-state index in [4.69, 9.17) is 14.6 Å². The van der Waals surface area contributed by atoms with Crippen molar-refractivity contribution in [3.63, 3.8) is 0 Å². The Hall–Kier alpha value is -4.15. The highest BCUT2D eigenvalue weighted by Gasteiger charge is 2.33. The predicted molar refractivity (Wildman–Crippen MR) is 147 cm³/mol. The number of thiazole rings is 1. The molecule has 5 aromatic rings. The lowest BCUT2D eigenvalue weighted by molar-refractivity contribution is 0.0735. The molecule has 0 spiro atoms. The summed E-state index contributed by atoms with van der Waals surface area (Å²) < 4.78 is 11.7. The molecule has 3 aromatic heterocycles. The van der Waals surface area contributed by atoms with Crippen LogP contribution in [-0.2, 0) is 12.0 Å². The molecule has 0 saturated carbocycles. The molecule has 10 heteroatoms. The average molecular weight is 541 g/mol. The average Bonchev–Trinajstić information content (AvgIpc) is 3.74. The second-order valence-corrected chi connectivity index (χ2v) is 11.0. The minimum atomic E-state index is -0.873. The zero-order valence-corrected chi connectivity index (χ0v) is 22.5. The molecule has 0 unspecified atom stereocenters. The third-order valence-corrected chi connectivity index (χ3v) is 7.97. The maximum absolute atomic E-state index is 13.9. The topological polar surface area (TPSA) is 124 Å². The van der Waals surface area contributed by atoms with E-state index in [0.717, 1.165) is 29.1 Å². The highest BCUT2D eigenvalue weighted by atomic mass is 32.1. The Labute approximate surface area is 229 Å². The number of amides is 1. The summed E-state index contributed by atoms with van der Waals surface area (Å²) in [5.41, 5.74) is 9.57. The summed E-state index contributed by atoms with van der Waals surface area (Å²) in [6.07, 6.45) is 5.31. The Balaban J connectivity index is 1.35. The van der Waals surface area contributed by atoms with Gasteiger partial charge in [0, 0.05) is 34.3 Å². The lowest BCUT2D eigenvalue weighted by Gasteiger charge is -2.23. The van der Waals surface area contributed by atoms with Crippen LogP contribution < -0.4 is 5.73 Å². The van der Waals surface area contributed by atoms with Crippen molar-refractivity contribution in [3.05, 3.63) is 94.2 Å². The Morgan fingerprint density at radius 2 is 2.00 bits per heavy atom. The van der Waals surface area contributed by atoms with Gasteiger partial charge < -0.3 is 19.5 Å². The largest absolute Gasteiger partial charge is 0.444 e. The van der Waals surface area contributed by atoms with Crippen molar-refractivity contribution in [1.29, 1.82) is 0 Å². The number of oxazole rings is 1. The molecule has 1 aliphatic heterocycles. The van der Waals surface area contributed by atoms with E-state index in [-0.39, 0.29) is 17.8 Å². The normalized spacial score (nSPS) is 16.9. The van der Waals surface area contributed by atoms with E-state index in [0.29, 0.717) is 41.3 Å². The molecule has 2 atom stereocenters. The zero-order valence-electron chi connectivity index (χ0n) is 21.7. The van der Waals surface area contributed by atoms with Crippen LogP contribution in [0, 0.1) is 6.92 Å². The fraction of sp³-hybridized carbons (Fsp3) is 0.276. The molecule has 0 radical (unpaired) electrons. The van der Waals surface area contributed by atoms with Crippen molar-refractivity contribution >= 4 is 17.2 Å². The van der Waals surface area contributed by atoms with E-state index in [2.05, 4.69) is 20.2 Å². The number of nitrogens with zero attached hydrogens (tertiary/aromatic N) is 5. The first-order valence-corrected chi connectivity index (χ1v) is 13.7. The highest BCUT2D eigenvalue weighted by Crippen LogP contribution is 2.36. The van der Waals surface area contributed by atoms with Gasteiger partial charge in [-0.2, -0.15) is 0 Å². The van der Waals surface area contributed by atoms with Gasteiger partial charge in [-0.25, -0.2) is 9.97 Å². The van der Waals surface area contributed by atoms with Gasteiger partial charge in [-0.3, -0.25) is 4.79 Å². The molecule has 0 aliphatic carbocycles. The maximum atomic E-state index is 13.9. The van der Waals surface area contributed by atoms with Gasteiger partial charge in [0.15, 0.2) is 12.2 Å². The third-order valence-electron chi connectivity index (χ3n) is 6.91. The van der Waals surface area contributed by atoms with Gasteiger partial charge in [0.1, 0.15) is 5.01 Å². The zero-order chi connectivity index (χ0) is 27.0. The lowest BCUT2D eigenvalue weighted by atomic mass is 9.94. The van der Waals surface area contributed by atoms with E-state index in [9.17, 15) is 4.79 Å². The smallest absolute Gasteiger partial charge is 0.254 e. The van der Waals surface area contributed by atoms with E-state index in [1.54, 1.807) is 23.6 Å². The first-order valence-electron chi connectivity index (χ1n) is 12.8. The van der Waals surface area contributed by atoms with Crippen molar-refractivity contribution in [1.82, 2.24) is 25.1 Å². The summed E-state index contributed by atoms with van der Waals surface area (Å²) in [6.45, 7) is 4.50. The van der Waals surface area contributed by atoms with Crippen LogP contribution in [0.15, 0.2) is 75.3 Å². The molecular weight excluding hydrogens is 512 g/mol. The Kier molecular flexibility index (Phi) is 6.58. The summed E-state index contributed by atoms with van der Waals surface area (Å²) in [6, 6.07) is 15.3. The first-order chi connectivity index (χ1) is 18.9. The Bertz CT molecular complexity index is 1590. The molecule has 1 saturated heterocycles. The second kappa shape index (κ2) is 10.2. The number of nitrogens with two attached hydrogens (primary N) is 1. The van der Waals surface area contributed by atoms with Crippen molar-refractivity contribution in [3.8, 4) is 22.8 Å². The van der Waals surface area contributed by atoms with Gasteiger partial charge in [0.05, 0.1) is 17.8 Å². The van der Waals surface area contributed by atoms with Crippen LogP contribution in [0.4, 0.5) is 0 Å². The fourth-order valence-electron chi connectivity index (χ4n) is 5.00. The molecule has 39 heavy (non-hydrogen) atoms. The van der Waals surface area contributed by atoms with Crippen LogP contribution in [0.1, 0.15) is 58.3 Å². The highest BCUT2D eigenvalue weighted by molar-refractivity contribution is 7.09. The number of aromatic nitrogens is 4. The number of carbonyl (C=O) groups is 1. The van der Waals surface area contributed by atoms with Gasteiger partial charge in [0.25, 0.3) is 5.91 Å². The van der Waals surface area contributed by atoms with Crippen molar-refractivity contribution in [2.24, 2.45) is 5.73 Å². The minimum Gasteiger partial charge on any atom is -0.444 e. The summed E-state index contributed by atoms with van der Waals surface area (Å²) in [5.74, 6) is 1.05. The molecule has 198 valence electrons. The Morgan fingerprint density at radius 1 is 1.18 bits per heavy atom. The number of hydrogen-bond acceptors (Lipinski definition) is 9. The van der Waals surface area contributed by atoms with Crippen LogP contribution in [0.2, 0.25) is 0 Å². The fourth-order valence-corrected chi connectivity index (χ4v) is 5.94. The van der Waals surface area contributed by atoms with Crippen molar-refractivity contribution < 1.29 is 13.6 Å². The standard InChI is InChI=1S/C29H28N6O3S/c1-18-16-39-26(32-18)23-9-6-10-35(23)27(36)22-12-20(24-15-31-17-37-24)11-21(13-22)25-33-34-28(38-25)29(2,30)14-19-7-4-3-5-8-19/h3-5,7-8,11-13,15-17,23H,6,9-10,14,30H2,1-2H3/t23-,29-/m1/s1. The number of benzene rings is 2. The van der Waals surface area contributed by atoms with Gasteiger partial charge >= 0.3 is 0 Å². The summed E-state index contributed by atoms with van der Waals surface area (Å²) in [5, 5.41) is 11.6. The van der Waals surface area contributed by atoms with E-state index in [1.165, 1.54) is 6.39 Å². The van der Waals surface area contributed by atoms with Crippen LogP contribution in [0.25, 0.3) is 22.8 Å². The molecule has 2 aromatic carbocycles. The minimum absolute atomic E-state index is 0.0421. The molecule has 4 heterocycles. The monoisotopic (exact) mass is 540 g/mol. The Morgan fingerprint density at radius 3 is 2.74 bits per heavy atom. The quantitative estimate of drug-likeness (QED) is 0.285. The van der Waals surface area contributed by atoms with Crippen LogP contribution in [0.5, 0.6) is 0 Å². The molecule has 6 rings (SSSR count). The molecule has 1 amide bonds. The molecule has 1 fully saturated rings. The predicted octanol–water partition coefficient (Wildman–Crippen LogP) is 5.55. The van der Waals surface area contributed by atoms with E-state index >= 15 is 0 Å². The number of hydrogen-bond donors (Lipinski definition) is 1. The molecule has 9 nitrogen and oxygen atoms in total. The van der Waals surface area contributed by atoms with Crippen LogP contribution >= 0.6 is 11.3 Å². The molecular formula is C29H28N6O3S. The molecule has 2 N–H and O–H groups in total. The summed E-state index contributed by atoms with van der Waals surface area (Å²) in [4.78, 5) is 24.5. The number of aryl methyl sites for hydroxylation is 1. The van der Waals surface area contributed by atoms with Crippen LogP contribution in [-0.4, -0.2) is 37.5 Å². The van der Waals surface area contributed by atoms with Crippen molar-refractivity contribution in [2.45, 2.75) is 44.7 Å². The lowest BCUT2D eigenvalue weighted by Crippen LogP contribution is -2.35. The SMILES string of the molecule is Cc1csc([C@H]2CCCN2C(=O)c2cc(-c3cnco3)cc(-c3nnc([C@](C)(N)Cc4ccccc4)o3)c2)n1. The molecule has 1 aliphatic rings. The summed E-state index contributed by atoms with van der Waals surface area (Å²) in [7, 11) is 0. The number of likely N-dealkylation sites (tertiary alicyclic amines) is 1. The van der Waals surface area contributed by atoms with Gasteiger partial charge in [-0.05, 0) is 56.9 Å². The van der Waals surface area contributed by atoms with Gasteiger partial charge in [-0.15, -0.1) is 21.5 Å². The van der Waals surface area contributed by atoms with Gasteiger partial charge in [-0.1, -0.05) is 30.3 Å². The number of rotatable bonds is 7. The number of carbonyl (C=O) groups excluding carboxylic acids is 1. The second-order valence-electron chi connectivity index (χ2n) is 10.1. The molecule has 0 bridgehead atoms. The van der Waals surface area contributed by atoms with Crippen LogP contribution in [0.3, 0.4) is 0 Å². The summed E-state index contributed by atoms with van der Waals surface area (Å²) >= 11 is 1.60.